The molecule has 6 nitrogen and oxygen atoms in total. The molecule has 1 atom stereocenters. The molecule has 0 aliphatic carbocycles. The summed E-state index contributed by atoms with van der Waals surface area (Å²) in [7, 11) is 0. The molecule has 6 heteroatoms. The lowest BCUT2D eigenvalue weighted by atomic mass is 10.0. The standard InChI is InChI=1S/C40H76O6/c1-5-7-9-11-12-13-14-15-16-17-18-19-25-29-33-40(43)46-37(34-44-38(41)31-27-22-10-8-6-2)35-45-39(42)32-28-24-21-20-23-26-30-36(3)4/h36-37H,5-35H2,1-4H3/t37-/m0/s1. The number of carbonyl (C=O) groups excluding carboxylic acids is 3. The SMILES string of the molecule is CCCCCCCCCCCCCCCCC(=O)O[C@@H](COC(=O)CCCCCCC)COC(=O)CCCCCCCCC(C)C. The molecule has 0 aliphatic rings. The molecule has 0 radical (unpaired) electrons. The predicted molar refractivity (Wildman–Crippen MR) is 192 cm³/mol. The second kappa shape index (κ2) is 34.7. The van der Waals surface area contributed by atoms with Crippen LogP contribution in [0.4, 0.5) is 0 Å². The predicted octanol–water partition coefficient (Wildman–Crippen LogP) is 12.0. The molecule has 0 aromatic rings. The van der Waals surface area contributed by atoms with Gasteiger partial charge in [0.1, 0.15) is 13.2 Å². The third kappa shape index (κ3) is 33.8. The van der Waals surface area contributed by atoms with Crippen LogP contribution >= 0.6 is 0 Å². The largest absolute Gasteiger partial charge is 0.462 e. The Morgan fingerprint density at radius 1 is 0.413 bits per heavy atom. The zero-order valence-electron chi connectivity index (χ0n) is 31.0. The van der Waals surface area contributed by atoms with Crippen LogP contribution < -0.4 is 0 Å². The van der Waals surface area contributed by atoms with E-state index in [-0.39, 0.29) is 31.1 Å². The lowest BCUT2D eigenvalue weighted by Gasteiger charge is -2.18. The van der Waals surface area contributed by atoms with Crippen molar-refractivity contribution in [2.75, 3.05) is 13.2 Å². The average molecular weight is 653 g/mol. The Kier molecular flexibility index (Phi) is 33.5. The van der Waals surface area contributed by atoms with E-state index < -0.39 is 6.10 Å². The van der Waals surface area contributed by atoms with Gasteiger partial charge in [0, 0.05) is 19.3 Å². The van der Waals surface area contributed by atoms with Gasteiger partial charge < -0.3 is 14.2 Å². The fraction of sp³-hybridized carbons (Fsp3) is 0.925. The minimum absolute atomic E-state index is 0.0672. The summed E-state index contributed by atoms with van der Waals surface area (Å²) in [6.45, 7) is 8.82. The van der Waals surface area contributed by atoms with Gasteiger partial charge in [-0.15, -0.1) is 0 Å². The number of unbranched alkanes of at least 4 members (excludes halogenated alkanes) is 22. The van der Waals surface area contributed by atoms with Crippen LogP contribution in [0.3, 0.4) is 0 Å². The molecule has 0 heterocycles. The second-order valence-corrected chi connectivity index (χ2v) is 14.0. The summed E-state index contributed by atoms with van der Waals surface area (Å²) in [5.41, 5.74) is 0. The maximum atomic E-state index is 12.6. The van der Waals surface area contributed by atoms with Crippen molar-refractivity contribution in [3.8, 4) is 0 Å². The van der Waals surface area contributed by atoms with Gasteiger partial charge in [-0.2, -0.15) is 0 Å². The highest BCUT2D eigenvalue weighted by molar-refractivity contribution is 5.71. The van der Waals surface area contributed by atoms with Gasteiger partial charge in [-0.1, -0.05) is 175 Å². The number of hydrogen-bond donors (Lipinski definition) is 0. The van der Waals surface area contributed by atoms with Gasteiger partial charge in [0.05, 0.1) is 0 Å². The molecule has 0 saturated carbocycles. The van der Waals surface area contributed by atoms with E-state index in [1.165, 1.54) is 103 Å². The van der Waals surface area contributed by atoms with Gasteiger partial charge >= 0.3 is 17.9 Å². The number of rotatable bonds is 35. The normalized spacial score (nSPS) is 11.9. The van der Waals surface area contributed by atoms with E-state index >= 15 is 0 Å². The first-order chi connectivity index (χ1) is 22.4. The van der Waals surface area contributed by atoms with Crippen LogP contribution in [-0.4, -0.2) is 37.2 Å². The fourth-order valence-electron chi connectivity index (χ4n) is 5.74. The van der Waals surface area contributed by atoms with Crippen molar-refractivity contribution in [2.45, 2.75) is 220 Å². The van der Waals surface area contributed by atoms with Crippen LogP contribution in [0.1, 0.15) is 214 Å². The molecular formula is C40H76O6. The third-order valence-electron chi connectivity index (χ3n) is 8.79. The molecule has 272 valence electrons. The summed E-state index contributed by atoms with van der Waals surface area (Å²) in [6.07, 6.45) is 31.3. The quantitative estimate of drug-likeness (QED) is 0.0385. The fourth-order valence-corrected chi connectivity index (χ4v) is 5.74. The summed E-state index contributed by atoms with van der Waals surface area (Å²) in [4.78, 5) is 37.2. The molecule has 0 spiro atoms. The first-order valence-corrected chi connectivity index (χ1v) is 19.9. The third-order valence-corrected chi connectivity index (χ3v) is 8.79. The smallest absolute Gasteiger partial charge is 0.306 e. The van der Waals surface area contributed by atoms with Gasteiger partial charge in [0.2, 0.25) is 0 Å². The van der Waals surface area contributed by atoms with Crippen LogP contribution in [0.5, 0.6) is 0 Å². The van der Waals surface area contributed by atoms with Gasteiger partial charge in [-0.25, -0.2) is 0 Å². The molecule has 0 rings (SSSR count). The summed E-state index contributed by atoms with van der Waals surface area (Å²) in [5, 5.41) is 0. The van der Waals surface area contributed by atoms with Crippen LogP contribution in [0, 0.1) is 5.92 Å². The zero-order chi connectivity index (χ0) is 33.9. The van der Waals surface area contributed by atoms with E-state index in [0.717, 1.165) is 70.1 Å². The number of carbonyl (C=O) groups is 3. The Morgan fingerprint density at radius 3 is 1.07 bits per heavy atom. The minimum atomic E-state index is -0.756. The van der Waals surface area contributed by atoms with Crippen LogP contribution in [0.25, 0.3) is 0 Å². The Morgan fingerprint density at radius 2 is 0.717 bits per heavy atom. The van der Waals surface area contributed by atoms with E-state index in [4.69, 9.17) is 14.2 Å². The molecule has 0 unspecified atom stereocenters. The molecule has 0 bridgehead atoms. The van der Waals surface area contributed by atoms with Crippen molar-refractivity contribution < 1.29 is 28.6 Å². The Hall–Kier alpha value is -1.59. The first-order valence-electron chi connectivity index (χ1n) is 19.9. The highest BCUT2D eigenvalue weighted by Crippen LogP contribution is 2.15. The van der Waals surface area contributed by atoms with Crippen molar-refractivity contribution in [1.29, 1.82) is 0 Å². The molecule has 0 fully saturated rings. The van der Waals surface area contributed by atoms with Crippen molar-refractivity contribution in [3.63, 3.8) is 0 Å². The first kappa shape index (κ1) is 44.4. The van der Waals surface area contributed by atoms with E-state index in [1.54, 1.807) is 0 Å². The van der Waals surface area contributed by atoms with Crippen molar-refractivity contribution >= 4 is 17.9 Å². The Bertz CT molecular complexity index is 691. The zero-order valence-corrected chi connectivity index (χ0v) is 31.0. The van der Waals surface area contributed by atoms with E-state index in [9.17, 15) is 14.4 Å². The monoisotopic (exact) mass is 653 g/mol. The summed E-state index contributed by atoms with van der Waals surface area (Å²) in [5.74, 6) is -0.117. The molecular weight excluding hydrogens is 576 g/mol. The molecule has 46 heavy (non-hydrogen) atoms. The number of hydrogen-bond acceptors (Lipinski definition) is 6. The summed E-state index contributed by atoms with van der Waals surface area (Å²) >= 11 is 0. The second-order valence-electron chi connectivity index (χ2n) is 14.0. The highest BCUT2D eigenvalue weighted by atomic mass is 16.6. The van der Waals surface area contributed by atoms with Crippen molar-refractivity contribution in [3.05, 3.63) is 0 Å². The molecule has 0 aromatic heterocycles. The van der Waals surface area contributed by atoms with Crippen LogP contribution in [-0.2, 0) is 28.6 Å². The number of esters is 3. The highest BCUT2D eigenvalue weighted by Gasteiger charge is 2.19. The maximum absolute atomic E-state index is 12.6. The van der Waals surface area contributed by atoms with Crippen molar-refractivity contribution in [2.24, 2.45) is 5.92 Å². The van der Waals surface area contributed by atoms with Crippen molar-refractivity contribution in [1.82, 2.24) is 0 Å². The van der Waals surface area contributed by atoms with E-state index in [0.29, 0.717) is 19.3 Å². The average Bonchev–Trinajstić information content (AvgIpc) is 3.03. The lowest BCUT2D eigenvalue weighted by Crippen LogP contribution is -2.30. The lowest BCUT2D eigenvalue weighted by molar-refractivity contribution is -0.167. The van der Waals surface area contributed by atoms with Gasteiger partial charge in [-0.05, 0) is 25.2 Å². The Balaban J connectivity index is 4.24. The van der Waals surface area contributed by atoms with Gasteiger partial charge in [-0.3, -0.25) is 14.4 Å². The summed E-state index contributed by atoms with van der Waals surface area (Å²) in [6, 6.07) is 0. The summed E-state index contributed by atoms with van der Waals surface area (Å²) < 4.78 is 16.5. The minimum Gasteiger partial charge on any atom is -0.462 e. The van der Waals surface area contributed by atoms with E-state index in [2.05, 4.69) is 27.7 Å². The van der Waals surface area contributed by atoms with E-state index in [1.807, 2.05) is 0 Å². The topological polar surface area (TPSA) is 78.9 Å². The molecule has 0 N–H and O–H groups in total. The number of ether oxygens (including phenoxy) is 3. The van der Waals surface area contributed by atoms with Crippen LogP contribution in [0.15, 0.2) is 0 Å². The molecule has 0 amide bonds. The molecule has 0 aliphatic heterocycles. The molecule has 0 aromatic carbocycles. The Labute approximate surface area is 285 Å². The van der Waals surface area contributed by atoms with Gasteiger partial charge in [0.25, 0.3) is 0 Å². The van der Waals surface area contributed by atoms with Crippen LogP contribution in [0.2, 0.25) is 0 Å². The molecule has 0 saturated heterocycles. The van der Waals surface area contributed by atoms with Gasteiger partial charge in [0.15, 0.2) is 6.10 Å². The maximum Gasteiger partial charge on any atom is 0.306 e.